The smallest absolute Gasteiger partial charge is 0.128 e. The van der Waals surface area contributed by atoms with E-state index in [-0.39, 0.29) is 0 Å². The molecule has 0 fully saturated rings. The Labute approximate surface area is 114 Å². The van der Waals surface area contributed by atoms with Gasteiger partial charge < -0.3 is 10.2 Å². The molecule has 1 N–H and O–H groups in total. The zero-order chi connectivity index (χ0) is 13.7. The summed E-state index contributed by atoms with van der Waals surface area (Å²) in [5, 5.41) is 3.21. The van der Waals surface area contributed by atoms with Crippen LogP contribution in [0, 0.1) is 0 Å². The number of nitrogens with one attached hydrogen (secondary N) is 1. The van der Waals surface area contributed by atoms with E-state index in [0.717, 1.165) is 12.4 Å². The van der Waals surface area contributed by atoms with E-state index in [2.05, 4.69) is 45.3 Å². The molecule has 0 aliphatic heterocycles. The van der Waals surface area contributed by atoms with Crippen LogP contribution in [0.15, 0.2) is 42.9 Å². The second kappa shape index (κ2) is 6.29. The van der Waals surface area contributed by atoms with E-state index in [9.17, 15) is 0 Å². The Balaban J connectivity index is 2.05. The second-order valence-corrected chi connectivity index (χ2v) is 4.68. The van der Waals surface area contributed by atoms with Gasteiger partial charge in [0.2, 0.25) is 0 Å². The van der Waals surface area contributed by atoms with Crippen molar-refractivity contribution in [3.05, 3.63) is 54.0 Å². The van der Waals surface area contributed by atoms with Gasteiger partial charge in [-0.3, -0.25) is 4.98 Å². The molecule has 2 rings (SSSR count). The Bertz CT molecular complexity index is 495. The van der Waals surface area contributed by atoms with E-state index in [0.29, 0.717) is 6.04 Å². The Hall–Kier alpha value is -1.94. The van der Waals surface area contributed by atoms with Gasteiger partial charge in [0.05, 0.1) is 0 Å². The molecule has 4 heteroatoms. The van der Waals surface area contributed by atoms with Crippen LogP contribution < -0.4 is 10.2 Å². The van der Waals surface area contributed by atoms with E-state index in [1.54, 1.807) is 6.20 Å². The molecule has 0 aromatic carbocycles. The van der Waals surface area contributed by atoms with Gasteiger partial charge in [0, 0.05) is 38.2 Å². The number of nitrogens with zero attached hydrogens (tertiary/aromatic N) is 3. The standard InChI is InChI=1S/C15H20N4/c1-12(16-2)14-6-7-15(18-10-14)19(3)11-13-5-4-8-17-9-13/h4-10,12,16H,11H2,1-3H3. The summed E-state index contributed by atoms with van der Waals surface area (Å²) in [5.41, 5.74) is 2.38. The first kappa shape index (κ1) is 13.5. The fourth-order valence-corrected chi connectivity index (χ4v) is 1.89. The van der Waals surface area contributed by atoms with Crippen molar-refractivity contribution in [2.45, 2.75) is 19.5 Å². The maximum atomic E-state index is 4.51. The quantitative estimate of drug-likeness (QED) is 0.892. The summed E-state index contributed by atoms with van der Waals surface area (Å²) in [6.07, 6.45) is 5.60. The molecule has 100 valence electrons. The first-order valence-corrected chi connectivity index (χ1v) is 6.44. The summed E-state index contributed by atoms with van der Waals surface area (Å²) in [5.74, 6) is 0.968. The number of rotatable bonds is 5. The van der Waals surface area contributed by atoms with Gasteiger partial charge in [-0.05, 0) is 37.2 Å². The molecule has 0 saturated heterocycles. The van der Waals surface area contributed by atoms with Crippen molar-refractivity contribution in [1.82, 2.24) is 15.3 Å². The summed E-state index contributed by atoms with van der Waals surface area (Å²) in [6, 6.07) is 8.52. The third kappa shape index (κ3) is 3.51. The monoisotopic (exact) mass is 256 g/mol. The molecule has 4 nitrogen and oxygen atoms in total. The summed E-state index contributed by atoms with van der Waals surface area (Å²) in [7, 11) is 3.99. The van der Waals surface area contributed by atoms with Gasteiger partial charge in [-0.25, -0.2) is 4.98 Å². The molecule has 2 aromatic rings. The van der Waals surface area contributed by atoms with E-state index in [4.69, 9.17) is 0 Å². The Morgan fingerprint density at radius 3 is 2.68 bits per heavy atom. The zero-order valence-electron chi connectivity index (χ0n) is 11.7. The maximum Gasteiger partial charge on any atom is 0.128 e. The van der Waals surface area contributed by atoms with Crippen LogP contribution in [-0.2, 0) is 6.54 Å². The van der Waals surface area contributed by atoms with Gasteiger partial charge in [-0.2, -0.15) is 0 Å². The van der Waals surface area contributed by atoms with Crippen LogP contribution in [0.3, 0.4) is 0 Å². The molecule has 0 radical (unpaired) electrons. The Kier molecular flexibility index (Phi) is 4.47. The minimum Gasteiger partial charge on any atom is -0.355 e. The molecule has 1 unspecified atom stereocenters. The lowest BCUT2D eigenvalue weighted by molar-refractivity contribution is 0.649. The third-order valence-electron chi connectivity index (χ3n) is 3.24. The molecular formula is C15H20N4. The highest BCUT2D eigenvalue weighted by atomic mass is 15.2. The number of pyridine rings is 2. The molecule has 0 saturated carbocycles. The average Bonchev–Trinajstić information content (AvgIpc) is 2.47. The van der Waals surface area contributed by atoms with Crippen LogP contribution in [0.2, 0.25) is 0 Å². The van der Waals surface area contributed by atoms with Crippen LogP contribution in [-0.4, -0.2) is 24.1 Å². The predicted octanol–water partition coefficient (Wildman–Crippen LogP) is 2.39. The van der Waals surface area contributed by atoms with Crippen molar-refractivity contribution >= 4 is 5.82 Å². The highest BCUT2D eigenvalue weighted by Crippen LogP contribution is 2.16. The van der Waals surface area contributed by atoms with Gasteiger partial charge in [0.15, 0.2) is 0 Å². The van der Waals surface area contributed by atoms with E-state index < -0.39 is 0 Å². The molecule has 19 heavy (non-hydrogen) atoms. The van der Waals surface area contributed by atoms with Gasteiger partial charge in [-0.1, -0.05) is 12.1 Å². The van der Waals surface area contributed by atoms with Gasteiger partial charge in [0.25, 0.3) is 0 Å². The summed E-state index contributed by atoms with van der Waals surface area (Å²) >= 11 is 0. The van der Waals surface area contributed by atoms with Crippen molar-refractivity contribution in [1.29, 1.82) is 0 Å². The minimum atomic E-state index is 0.324. The van der Waals surface area contributed by atoms with E-state index >= 15 is 0 Å². The van der Waals surface area contributed by atoms with Crippen molar-refractivity contribution in [3.8, 4) is 0 Å². The normalized spacial score (nSPS) is 12.2. The molecule has 0 aliphatic carbocycles. The van der Waals surface area contributed by atoms with Crippen molar-refractivity contribution in [3.63, 3.8) is 0 Å². The summed E-state index contributed by atoms with van der Waals surface area (Å²) < 4.78 is 0. The molecule has 0 spiro atoms. The average molecular weight is 256 g/mol. The Morgan fingerprint density at radius 2 is 2.11 bits per heavy atom. The molecular weight excluding hydrogens is 236 g/mol. The highest BCUT2D eigenvalue weighted by Gasteiger charge is 2.06. The highest BCUT2D eigenvalue weighted by molar-refractivity contribution is 5.39. The maximum absolute atomic E-state index is 4.51. The lowest BCUT2D eigenvalue weighted by atomic mass is 10.1. The first-order valence-electron chi connectivity index (χ1n) is 6.44. The Morgan fingerprint density at radius 1 is 1.26 bits per heavy atom. The largest absolute Gasteiger partial charge is 0.355 e. The SMILES string of the molecule is CNC(C)c1ccc(N(C)Cc2cccnc2)nc1. The number of aromatic nitrogens is 2. The van der Waals surface area contributed by atoms with Gasteiger partial charge >= 0.3 is 0 Å². The lowest BCUT2D eigenvalue weighted by Crippen LogP contribution is -2.18. The minimum absolute atomic E-state index is 0.324. The topological polar surface area (TPSA) is 41.0 Å². The number of hydrogen-bond acceptors (Lipinski definition) is 4. The molecule has 2 heterocycles. The molecule has 0 aliphatic rings. The fourth-order valence-electron chi connectivity index (χ4n) is 1.89. The van der Waals surface area contributed by atoms with Crippen LogP contribution in [0.1, 0.15) is 24.1 Å². The summed E-state index contributed by atoms with van der Waals surface area (Å²) in [4.78, 5) is 10.7. The fraction of sp³-hybridized carbons (Fsp3) is 0.333. The van der Waals surface area contributed by atoms with Crippen LogP contribution in [0.5, 0.6) is 0 Å². The van der Waals surface area contributed by atoms with Gasteiger partial charge in [0.1, 0.15) is 5.82 Å². The second-order valence-electron chi connectivity index (χ2n) is 4.68. The van der Waals surface area contributed by atoms with Crippen LogP contribution in [0.4, 0.5) is 5.82 Å². The molecule has 0 amide bonds. The van der Waals surface area contributed by atoms with Crippen LogP contribution >= 0.6 is 0 Å². The van der Waals surface area contributed by atoms with Crippen LogP contribution in [0.25, 0.3) is 0 Å². The molecule has 0 bridgehead atoms. The van der Waals surface area contributed by atoms with Crippen molar-refractivity contribution in [2.24, 2.45) is 0 Å². The van der Waals surface area contributed by atoms with E-state index in [1.807, 2.05) is 32.6 Å². The van der Waals surface area contributed by atoms with Crippen molar-refractivity contribution < 1.29 is 0 Å². The summed E-state index contributed by atoms with van der Waals surface area (Å²) in [6.45, 7) is 2.93. The first-order chi connectivity index (χ1) is 9.20. The third-order valence-corrected chi connectivity index (χ3v) is 3.24. The number of hydrogen-bond donors (Lipinski definition) is 1. The molecule has 2 aromatic heterocycles. The van der Waals surface area contributed by atoms with Crippen molar-refractivity contribution in [2.75, 3.05) is 19.0 Å². The zero-order valence-corrected chi connectivity index (χ0v) is 11.7. The van der Waals surface area contributed by atoms with Gasteiger partial charge in [-0.15, -0.1) is 0 Å². The predicted molar refractivity (Wildman–Crippen MR) is 78.1 cm³/mol. The molecule has 1 atom stereocenters. The van der Waals surface area contributed by atoms with E-state index in [1.165, 1.54) is 11.1 Å². The lowest BCUT2D eigenvalue weighted by Gasteiger charge is -2.19. The number of anilines is 1.